The molecule has 0 saturated carbocycles. The molecule has 0 aliphatic carbocycles. The molecular formula is C28H20B2O9. The van der Waals surface area contributed by atoms with Crippen LogP contribution in [0.2, 0.25) is 0 Å². The Balaban J connectivity index is 1.58. The highest BCUT2D eigenvalue weighted by atomic mass is 16.8. The monoisotopic (exact) mass is 522 g/mol. The molecule has 11 heteroatoms. The van der Waals surface area contributed by atoms with Crippen LogP contribution in [0, 0.1) is 0 Å². The van der Waals surface area contributed by atoms with Crippen LogP contribution < -0.4 is 0 Å². The van der Waals surface area contributed by atoms with E-state index in [2.05, 4.69) is 0 Å². The summed E-state index contributed by atoms with van der Waals surface area (Å²) in [7, 11) is -4.13. The molecular weight excluding hydrogens is 502 g/mol. The summed E-state index contributed by atoms with van der Waals surface area (Å²) in [6, 6.07) is 31.4. The highest BCUT2D eigenvalue weighted by Crippen LogP contribution is 2.13. The molecule has 4 aromatic rings. The standard InChI is InChI=1S/C28H20B2O9/c31-25(21-13-5-1-6-14-21)35-29(36-26(32)22-15-7-2-8-16-22)39-30(37-27(33)23-17-9-3-10-18-23)38-28(34)24-19-11-4-12-20-24/h1-20H. The van der Waals surface area contributed by atoms with Crippen molar-refractivity contribution in [2.45, 2.75) is 0 Å². The Hall–Kier alpha value is -5.15. The summed E-state index contributed by atoms with van der Waals surface area (Å²) >= 11 is 0. The lowest BCUT2D eigenvalue weighted by Crippen LogP contribution is -2.43. The molecule has 9 nitrogen and oxygen atoms in total. The Morgan fingerprint density at radius 3 is 0.769 bits per heavy atom. The van der Waals surface area contributed by atoms with E-state index >= 15 is 0 Å². The molecule has 4 rings (SSSR count). The van der Waals surface area contributed by atoms with E-state index in [4.69, 9.17) is 23.2 Å². The minimum Gasteiger partial charge on any atom is -0.471 e. The maximum absolute atomic E-state index is 12.7. The molecule has 0 spiro atoms. The van der Waals surface area contributed by atoms with E-state index in [-0.39, 0.29) is 22.3 Å². The van der Waals surface area contributed by atoms with Crippen LogP contribution in [0.25, 0.3) is 0 Å². The summed E-state index contributed by atoms with van der Waals surface area (Å²) in [5.74, 6) is -3.65. The van der Waals surface area contributed by atoms with E-state index in [1.54, 1.807) is 72.8 Å². The summed E-state index contributed by atoms with van der Waals surface area (Å²) < 4.78 is 26.4. The topological polar surface area (TPSA) is 114 Å². The van der Waals surface area contributed by atoms with E-state index in [1.807, 2.05) is 0 Å². The first-order valence-corrected chi connectivity index (χ1v) is 11.7. The summed E-state index contributed by atoms with van der Waals surface area (Å²) in [5, 5.41) is 0. The molecule has 0 fully saturated rings. The highest BCUT2D eigenvalue weighted by Gasteiger charge is 2.44. The molecule has 0 amide bonds. The van der Waals surface area contributed by atoms with Crippen molar-refractivity contribution in [3.63, 3.8) is 0 Å². The molecule has 0 aliphatic rings. The van der Waals surface area contributed by atoms with Gasteiger partial charge in [-0.25, -0.2) is 19.2 Å². The Labute approximate surface area is 224 Å². The van der Waals surface area contributed by atoms with Gasteiger partial charge in [-0.1, -0.05) is 72.8 Å². The molecule has 0 radical (unpaired) electrons. The summed E-state index contributed by atoms with van der Waals surface area (Å²) in [4.78, 5) is 50.9. The van der Waals surface area contributed by atoms with Gasteiger partial charge >= 0.3 is 38.5 Å². The zero-order valence-electron chi connectivity index (χ0n) is 20.4. The molecule has 4 aromatic carbocycles. The van der Waals surface area contributed by atoms with Crippen molar-refractivity contribution in [1.82, 2.24) is 0 Å². The third-order valence-electron chi connectivity index (χ3n) is 5.07. The Bertz CT molecular complexity index is 1190. The van der Waals surface area contributed by atoms with Crippen LogP contribution in [0.4, 0.5) is 0 Å². The minimum atomic E-state index is -2.07. The van der Waals surface area contributed by atoms with Gasteiger partial charge in [-0.2, -0.15) is 0 Å². The van der Waals surface area contributed by atoms with Crippen LogP contribution >= 0.6 is 0 Å². The largest absolute Gasteiger partial charge is 0.782 e. The van der Waals surface area contributed by atoms with Gasteiger partial charge in [0.1, 0.15) is 0 Å². The number of carbonyl (C=O) groups is 4. The number of rotatable bonds is 10. The van der Waals surface area contributed by atoms with E-state index in [1.165, 1.54) is 48.5 Å². The first kappa shape index (κ1) is 26.9. The van der Waals surface area contributed by atoms with E-state index in [9.17, 15) is 19.2 Å². The molecule has 39 heavy (non-hydrogen) atoms. The van der Waals surface area contributed by atoms with Crippen LogP contribution in [-0.4, -0.2) is 38.5 Å². The van der Waals surface area contributed by atoms with Gasteiger partial charge in [0.15, 0.2) is 0 Å². The van der Waals surface area contributed by atoms with Crippen molar-refractivity contribution in [2.75, 3.05) is 0 Å². The average molecular weight is 522 g/mol. The SMILES string of the molecule is O=C(OB(OB(OC(=O)c1ccccc1)OC(=O)c1ccccc1)OC(=O)c1ccccc1)c1ccccc1. The number of hydrogen-bond donors (Lipinski definition) is 0. The fraction of sp³-hybridized carbons (Fsp3) is 0. The first-order chi connectivity index (χ1) is 19.0. The Kier molecular flexibility index (Phi) is 9.25. The van der Waals surface area contributed by atoms with Crippen LogP contribution in [0.15, 0.2) is 121 Å². The number of benzene rings is 4. The zero-order valence-corrected chi connectivity index (χ0v) is 20.4. The Morgan fingerprint density at radius 2 is 0.564 bits per heavy atom. The van der Waals surface area contributed by atoms with Crippen LogP contribution in [-0.2, 0) is 23.2 Å². The molecule has 0 bridgehead atoms. The number of carbonyl (C=O) groups excluding carboxylic acids is 4. The van der Waals surface area contributed by atoms with Crippen molar-refractivity contribution in [3.05, 3.63) is 144 Å². The minimum absolute atomic E-state index is 0.126. The van der Waals surface area contributed by atoms with Crippen molar-refractivity contribution < 1.29 is 42.4 Å². The van der Waals surface area contributed by atoms with Crippen molar-refractivity contribution >= 4 is 38.5 Å². The second kappa shape index (κ2) is 13.4. The van der Waals surface area contributed by atoms with Crippen molar-refractivity contribution in [3.8, 4) is 0 Å². The van der Waals surface area contributed by atoms with Gasteiger partial charge in [0.05, 0.1) is 22.3 Å². The molecule has 0 aromatic heterocycles. The molecule has 192 valence electrons. The fourth-order valence-electron chi connectivity index (χ4n) is 3.17. The maximum atomic E-state index is 12.7. The van der Waals surface area contributed by atoms with Gasteiger partial charge in [0.2, 0.25) is 0 Å². The molecule has 0 aliphatic heterocycles. The smallest absolute Gasteiger partial charge is 0.471 e. The third-order valence-corrected chi connectivity index (χ3v) is 5.07. The fourth-order valence-corrected chi connectivity index (χ4v) is 3.17. The van der Waals surface area contributed by atoms with Gasteiger partial charge in [-0.3, -0.25) is 0 Å². The Morgan fingerprint density at radius 1 is 0.359 bits per heavy atom. The van der Waals surface area contributed by atoms with Crippen LogP contribution in [0.3, 0.4) is 0 Å². The summed E-state index contributed by atoms with van der Waals surface area (Å²) in [5.41, 5.74) is 0.504. The maximum Gasteiger partial charge on any atom is 0.782 e. The molecule has 0 atom stereocenters. The average Bonchev–Trinajstić information content (AvgIpc) is 2.98. The van der Waals surface area contributed by atoms with Crippen LogP contribution in [0.5, 0.6) is 0 Å². The number of hydrogen-bond acceptors (Lipinski definition) is 9. The lowest BCUT2D eigenvalue weighted by Gasteiger charge is -2.18. The normalized spacial score (nSPS) is 10.1. The zero-order chi connectivity index (χ0) is 27.5. The second-order valence-corrected chi connectivity index (χ2v) is 7.80. The van der Waals surface area contributed by atoms with E-state index in [0.29, 0.717) is 0 Å². The van der Waals surface area contributed by atoms with Gasteiger partial charge in [-0.15, -0.1) is 0 Å². The molecule has 0 unspecified atom stereocenters. The quantitative estimate of drug-likeness (QED) is 0.280. The molecule has 0 N–H and O–H groups in total. The van der Waals surface area contributed by atoms with Crippen molar-refractivity contribution in [2.24, 2.45) is 0 Å². The molecule has 0 heterocycles. The second-order valence-electron chi connectivity index (χ2n) is 7.80. The van der Waals surface area contributed by atoms with Gasteiger partial charge in [0, 0.05) is 0 Å². The van der Waals surface area contributed by atoms with E-state index < -0.39 is 38.5 Å². The van der Waals surface area contributed by atoms with Gasteiger partial charge in [0.25, 0.3) is 0 Å². The third kappa shape index (κ3) is 7.91. The van der Waals surface area contributed by atoms with E-state index in [0.717, 1.165) is 0 Å². The lowest BCUT2D eigenvalue weighted by atomic mass is 10.1. The predicted molar refractivity (Wildman–Crippen MR) is 140 cm³/mol. The van der Waals surface area contributed by atoms with Crippen LogP contribution in [0.1, 0.15) is 41.4 Å². The van der Waals surface area contributed by atoms with Crippen molar-refractivity contribution in [1.29, 1.82) is 0 Å². The van der Waals surface area contributed by atoms with Gasteiger partial charge in [-0.05, 0) is 48.5 Å². The highest BCUT2D eigenvalue weighted by molar-refractivity contribution is 6.56. The van der Waals surface area contributed by atoms with Gasteiger partial charge < -0.3 is 23.2 Å². The predicted octanol–water partition coefficient (Wildman–Crippen LogP) is 4.40. The summed E-state index contributed by atoms with van der Waals surface area (Å²) in [6.45, 7) is 0. The summed E-state index contributed by atoms with van der Waals surface area (Å²) in [6.07, 6.45) is 0. The molecule has 0 saturated heterocycles. The lowest BCUT2D eigenvalue weighted by molar-refractivity contribution is 0.0423. The first-order valence-electron chi connectivity index (χ1n) is 11.7.